The molecular weight excluding hydrogens is 401 g/mol. The van der Waals surface area contributed by atoms with Gasteiger partial charge in [0.05, 0.1) is 27.4 Å². The van der Waals surface area contributed by atoms with Crippen LogP contribution >= 0.6 is 47.0 Å². The van der Waals surface area contributed by atoms with E-state index in [0.717, 1.165) is 11.4 Å². The zero-order chi connectivity index (χ0) is 18.4. The average Bonchev–Trinajstić information content (AvgIpc) is 2.60. The number of ether oxygens (including phenoxy) is 1. The van der Waals surface area contributed by atoms with Crippen molar-refractivity contribution in [3.8, 4) is 5.75 Å². The Morgan fingerprint density at radius 1 is 1.04 bits per heavy atom. The second kappa shape index (κ2) is 9.15. The van der Waals surface area contributed by atoms with Gasteiger partial charge in [0, 0.05) is 11.3 Å². The highest BCUT2D eigenvalue weighted by atomic mass is 35.5. The number of anilines is 1. The molecule has 2 aromatic carbocycles. The molecule has 3 N–H and O–H groups in total. The molecule has 132 valence electrons. The molecule has 4 nitrogen and oxygen atoms in total. The molecule has 0 aliphatic carbocycles. The second-order valence-electron chi connectivity index (χ2n) is 4.86. The average molecular weight is 417 g/mol. The summed E-state index contributed by atoms with van der Waals surface area (Å²) in [6, 6.07) is 10.8. The molecule has 0 atom stereocenters. The van der Waals surface area contributed by atoms with Gasteiger partial charge in [0.15, 0.2) is 5.11 Å². The predicted molar refractivity (Wildman–Crippen MR) is 111 cm³/mol. The Hall–Kier alpha value is -1.66. The van der Waals surface area contributed by atoms with Gasteiger partial charge in [0.25, 0.3) is 0 Å². The molecule has 0 aliphatic rings. The highest BCUT2D eigenvalue weighted by molar-refractivity contribution is 7.80. The van der Waals surface area contributed by atoms with Crippen LogP contribution in [-0.4, -0.2) is 11.7 Å². The standard InChI is InChI=1S/C17H16Cl3N3OS/c1-3-24-12-6-4-11(5-7-12)21-17(25)23-22-10(2)13-8-9-14(18)16(20)15(13)19/h4-9,22H,2-3H2,1H3,(H2,21,23,25). The van der Waals surface area contributed by atoms with Crippen molar-refractivity contribution in [1.82, 2.24) is 10.9 Å². The summed E-state index contributed by atoms with van der Waals surface area (Å²) in [4.78, 5) is 0. The number of hydrogen-bond acceptors (Lipinski definition) is 3. The maximum Gasteiger partial charge on any atom is 0.189 e. The monoisotopic (exact) mass is 415 g/mol. The third-order valence-electron chi connectivity index (χ3n) is 3.11. The van der Waals surface area contributed by atoms with Gasteiger partial charge in [-0.3, -0.25) is 10.9 Å². The van der Waals surface area contributed by atoms with Crippen LogP contribution in [0, 0.1) is 0 Å². The van der Waals surface area contributed by atoms with Crippen LogP contribution in [0.15, 0.2) is 43.0 Å². The zero-order valence-corrected chi connectivity index (χ0v) is 16.4. The molecule has 0 saturated carbocycles. The van der Waals surface area contributed by atoms with E-state index in [-0.39, 0.29) is 5.02 Å². The molecule has 8 heteroatoms. The quantitative estimate of drug-likeness (QED) is 0.329. The normalized spacial score (nSPS) is 10.1. The summed E-state index contributed by atoms with van der Waals surface area (Å²) < 4.78 is 5.39. The lowest BCUT2D eigenvalue weighted by Crippen LogP contribution is -2.38. The molecule has 0 aliphatic heterocycles. The van der Waals surface area contributed by atoms with Gasteiger partial charge < -0.3 is 10.1 Å². The number of halogens is 3. The van der Waals surface area contributed by atoms with Crippen molar-refractivity contribution in [3.63, 3.8) is 0 Å². The van der Waals surface area contributed by atoms with Gasteiger partial charge in [0.1, 0.15) is 5.75 Å². The van der Waals surface area contributed by atoms with Gasteiger partial charge in [-0.2, -0.15) is 0 Å². The Morgan fingerprint density at radius 2 is 1.72 bits per heavy atom. The molecule has 0 fully saturated rings. The fourth-order valence-electron chi connectivity index (χ4n) is 1.92. The van der Waals surface area contributed by atoms with Crippen molar-refractivity contribution in [2.75, 3.05) is 11.9 Å². The molecule has 0 aromatic heterocycles. The molecule has 0 amide bonds. The fourth-order valence-corrected chi connectivity index (χ4v) is 2.74. The molecule has 0 heterocycles. The Balaban J connectivity index is 1.91. The number of thiocarbonyl (C=S) groups is 1. The van der Waals surface area contributed by atoms with Gasteiger partial charge in [-0.05, 0) is 55.5 Å². The molecule has 0 bridgehead atoms. The summed E-state index contributed by atoms with van der Waals surface area (Å²) in [5, 5.41) is 4.37. The third-order valence-corrected chi connectivity index (χ3v) is 4.61. The van der Waals surface area contributed by atoms with Crippen molar-refractivity contribution < 1.29 is 4.74 Å². The van der Waals surface area contributed by atoms with Crippen LogP contribution < -0.4 is 20.9 Å². The SMILES string of the molecule is C=C(NNC(=S)Nc1ccc(OCC)cc1)c1ccc(Cl)c(Cl)c1Cl. The van der Waals surface area contributed by atoms with Gasteiger partial charge in [-0.25, -0.2) is 0 Å². The predicted octanol–water partition coefficient (Wildman–Crippen LogP) is 5.51. The van der Waals surface area contributed by atoms with E-state index < -0.39 is 0 Å². The number of hydrazine groups is 1. The van der Waals surface area contributed by atoms with Crippen molar-refractivity contribution in [2.24, 2.45) is 0 Å². The maximum absolute atomic E-state index is 6.17. The van der Waals surface area contributed by atoms with Crippen LogP contribution in [0.5, 0.6) is 5.75 Å². The minimum atomic E-state index is 0.277. The summed E-state index contributed by atoms with van der Waals surface area (Å²) in [7, 11) is 0. The second-order valence-corrected chi connectivity index (χ2v) is 6.43. The summed E-state index contributed by atoms with van der Waals surface area (Å²) in [5.41, 5.74) is 7.65. The molecule has 2 aromatic rings. The number of nitrogens with one attached hydrogen (secondary N) is 3. The first-order valence-electron chi connectivity index (χ1n) is 7.31. The van der Waals surface area contributed by atoms with Crippen LogP contribution in [-0.2, 0) is 0 Å². The Labute approximate surface area is 167 Å². The summed E-state index contributed by atoms with van der Waals surface area (Å²) in [6.07, 6.45) is 0. The van der Waals surface area contributed by atoms with Gasteiger partial charge in [-0.1, -0.05) is 41.4 Å². The third kappa shape index (κ3) is 5.41. The van der Waals surface area contributed by atoms with Crippen molar-refractivity contribution in [3.05, 3.63) is 63.6 Å². The topological polar surface area (TPSA) is 45.3 Å². The van der Waals surface area contributed by atoms with E-state index in [1.165, 1.54) is 0 Å². The molecule has 0 spiro atoms. The fraction of sp³-hybridized carbons (Fsp3) is 0.118. The Morgan fingerprint density at radius 3 is 2.36 bits per heavy atom. The van der Waals surface area contributed by atoms with Crippen LogP contribution in [0.3, 0.4) is 0 Å². The Bertz CT molecular complexity index is 781. The van der Waals surface area contributed by atoms with Crippen molar-refractivity contribution >= 4 is 63.5 Å². The first kappa shape index (κ1) is 19.7. The van der Waals surface area contributed by atoms with E-state index in [0.29, 0.717) is 33.0 Å². The highest BCUT2D eigenvalue weighted by Crippen LogP contribution is 2.34. The molecule has 2 rings (SSSR count). The molecule has 0 saturated heterocycles. The minimum Gasteiger partial charge on any atom is -0.494 e. The minimum absolute atomic E-state index is 0.277. The van der Waals surface area contributed by atoms with E-state index in [2.05, 4.69) is 22.7 Å². The number of hydrogen-bond donors (Lipinski definition) is 3. The van der Waals surface area contributed by atoms with Crippen LogP contribution in [0.2, 0.25) is 15.1 Å². The summed E-state index contributed by atoms with van der Waals surface area (Å²) in [6.45, 7) is 6.46. The zero-order valence-electron chi connectivity index (χ0n) is 13.3. The van der Waals surface area contributed by atoms with E-state index in [9.17, 15) is 0 Å². The van der Waals surface area contributed by atoms with Crippen LogP contribution in [0.4, 0.5) is 5.69 Å². The van der Waals surface area contributed by atoms with E-state index in [1.807, 2.05) is 31.2 Å². The summed E-state index contributed by atoms with van der Waals surface area (Å²) >= 11 is 23.4. The lowest BCUT2D eigenvalue weighted by Gasteiger charge is -2.16. The molecule has 25 heavy (non-hydrogen) atoms. The number of rotatable bonds is 6. The van der Waals surface area contributed by atoms with Gasteiger partial charge in [-0.15, -0.1) is 0 Å². The van der Waals surface area contributed by atoms with E-state index in [1.54, 1.807) is 12.1 Å². The lowest BCUT2D eigenvalue weighted by molar-refractivity contribution is 0.340. The van der Waals surface area contributed by atoms with E-state index in [4.69, 9.17) is 51.8 Å². The van der Waals surface area contributed by atoms with Crippen LogP contribution in [0.1, 0.15) is 12.5 Å². The smallest absolute Gasteiger partial charge is 0.189 e. The first-order valence-corrected chi connectivity index (χ1v) is 8.85. The molecular formula is C17H16Cl3N3OS. The first-order chi connectivity index (χ1) is 11.9. The van der Waals surface area contributed by atoms with Gasteiger partial charge >= 0.3 is 0 Å². The lowest BCUT2D eigenvalue weighted by atomic mass is 10.2. The summed E-state index contributed by atoms with van der Waals surface area (Å²) in [5.74, 6) is 0.799. The Kier molecular flexibility index (Phi) is 7.20. The van der Waals surface area contributed by atoms with Crippen molar-refractivity contribution in [1.29, 1.82) is 0 Å². The molecule has 0 unspecified atom stereocenters. The molecule has 0 radical (unpaired) electrons. The van der Waals surface area contributed by atoms with Gasteiger partial charge in [0.2, 0.25) is 0 Å². The van der Waals surface area contributed by atoms with E-state index >= 15 is 0 Å². The largest absolute Gasteiger partial charge is 0.494 e. The van der Waals surface area contributed by atoms with Crippen molar-refractivity contribution in [2.45, 2.75) is 6.92 Å². The number of benzene rings is 2. The maximum atomic E-state index is 6.17. The highest BCUT2D eigenvalue weighted by Gasteiger charge is 2.11. The van der Waals surface area contributed by atoms with Crippen LogP contribution in [0.25, 0.3) is 5.70 Å².